The van der Waals surface area contributed by atoms with Gasteiger partial charge in [-0.3, -0.25) is 4.79 Å². The van der Waals surface area contributed by atoms with Gasteiger partial charge in [0.1, 0.15) is 5.75 Å². The van der Waals surface area contributed by atoms with Crippen molar-refractivity contribution in [1.29, 1.82) is 0 Å². The van der Waals surface area contributed by atoms with Crippen molar-refractivity contribution in [3.63, 3.8) is 0 Å². The number of rotatable bonds is 2. The minimum absolute atomic E-state index is 0.0622. The Kier molecular flexibility index (Phi) is 3.57. The zero-order chi connectivity index (χ0) is 16.6. The van der Waals surface area contributed by atoms with E-state index in [1.807, 2.05) is 19.1 Å². The number of para-hydroxylation sites is 2. The van der Waals surface area contributed by atoms with Crippen LogP contribution in [0.15, 0.2) is 52.7 Å². The molecule has 1 heterocycles. The lowest BCUT2D eigenvalue weighted by Gasteiger charge is -1.99. The summed E-state index contributed by atoms with van der Waals surface area (Å²) in [4.78, 5) is 12.1. The molecule has 23 heavy (non-hydrogen) atoms. The van der Waals surface area contributed by atoms with E-state index in [1.54, 1.807) is 29.8 Å². The lowest BCUT2D eigenvalue weighted by atomic mass is 10.1. The molecule has 0 spiro atoms. The first-order chi connectivity index (χ1) is 11.0. The molecule has 1 aromatic heterocycles. The van der Waals surface area contributed by atoms with Crippen LogP contribution in [0.25, 0.3) is 10.9 Å². The van der Waals surface area contributed by atoms with Crippen molar-refractivity contribution in [1.82, 2.24) is 4.57 Å². The first kappa shape index (κ1) is 14.8. The smallest absolute Gasteiger partial charge is 0.299 e. The van der Waals surface area contributed by atoms with Gasteiger partial charge in [0.25, 0.3) is 5.91 Å². The summed E-state index contributed by atoms with van der Waals surface area (Å²) in [5.41, 5.74) is 2.10. The maximum atomic E-state index is 12.1. The Morgan fingerprint density at radius 1 is 1.09 bits per heavy atom. The maximum Gasteiger partial charge on any atom is 0.299 e. The van der Waals surface area contributed by atoms with Gasteiger partial charge in [-0.25, -0.2) is 0 Å². The molecular formula is C17H15N3O3. The Hall–Kier alpha value is -3.15. The Morgan fingerprint density at radius 2 is 1.83 bits per heavy atom. The second-order valence-electron chi connectivity index (χ2n) is 5.22. The number of hydrogen-bond donors (Lipinski definition) is 2. The molecule has 2 aromatic carbocycles. The molecular weight excluding hydrogens is 294 g/mol. The zero-order valence-electron chi connectivity index (χ0n) is 12.7. The third-order valence-electron chi connectivity index (χ3n) is 3.73. The summed E-state index contributed by atoms with van der Waals surface area (Å²) in [5, 5.41) is 28.1. The molecule has 2 N–H and O–H groups in total. The zero-order valence-corrected chi connectivity index (χ0v) is 12.7. The molecule has 6 heteroatoms. The average molecular weight is 309 g/mol. The van der Waals surface area contributed by atoms with Crippen molar-refractivity contribution in [2.75, 3.05) is 0 Å². The molecule has 0 aliphatic rings. The molecule has 0 unspecified atom stereocenters. The third kappa shape index (κ3) is 2.44. The SMILES string of the molecule is Cc1cccc2c(N=NC(=O)c3ccccc3O)c(O)n(C)c12. The quantitative estimate of drug-likeness (QED) is 0.705. The number of amides is 1. The Morgan fingerprint density at radius 3 is 2.57 bits per heavy atom. The highest BCUT2D eigenvalue weighted by Crippen LogP contribution is 2.39. The van der Waals surface area contributed by atoms with Crippen LogP contribution in [0.3, 0.4) is 0 Å². The molecule has 6 nitrogen and oxygen atoms in total. The third-order valence-corrected chi connectivity index (χ3v) is 3.73. The Labute approximate surface area is 132 Å². The fourth-order valence-corrected chi connectivity index (χ4v) is 2.58. The second kappa shape index (κ2) is 5.57. The first-order valence-corrected chi connectivity index (χ1v) is 7.01. The van der Waals surface area contributed by atoms with Crippen molar-refractivity contribution >= 4 is 22.5 Å². The Balaban J connectivity index is 2.06. The largest absolute Gasteiger partial charge is 0.507 e. The standard InChI is InChI=1S/C17H15N3O3/c1-10-6-5-8-12-14(17(23)20(2)15(10)12)18-19-16(22)11-7-3-4-9-13(11)21/h3-9,21,23H,1-2H3. The van der Waals surface area contributed by atoms with Gasteiger partial charge in [0.15, 0.2) is 5.69 Å². The molecule has 1 amide bonds. The molecule has 0 aliphatic carbocycles. The van der Waals surface area contributed by atoms with Crippen molar-refractivity contribution < 1.29 is 15.0 Å². The molecule has 3 rings (SSSR count). The van der Waals surface area contributed by atoms with Gasteiger partial charge in [0, 0.05) is 12.4 Å². The van der Waals surface area contributed by atoms with Gasteiger partial charge in [0.05, 0.1) is 11.1 Å². The van der Waals surface area contributed by atoms with Gasteiger partial charge in [-0.15, -0.1) is 10.2 Å². The summed E-state index contributed by atoms with van der Waals surface area (Å²) in [7, 11) is 1.72. The van der Waals surface area contributed by atoms with Crippen LogP contribution >= 0.6 is 0 Å². The number of carbonyl (C=O) groups excluding carboxylic acids is 1. The number of azo groups is 1. The van der Waals surface area contributed by atoms with Gasteiger partial charge < -0.3 is 14.8 Å². The predicted octanol–water partition coefficient (Wildman–Crippen LogP) is 3.82. The van der Waals surface area contributed by atoms with Gasteiger partial charge >= 0.3 is 0 Å². The first-order valence-electron chi connectivity index (χ1n) is 7.01. The minimum atomic E-state index is -0.674. The monoisotopic (exact) mass is 309 g/mol. The van der Waals surface area contributed by atoms with Gasteiger partial charge in [-0.2, -0.15) is 0 Å². The highest BCUT2D eigenvalue weighted by atomic mass is 16.3. The normalized spacial score (nSPS) is 11.4. The highest BCUT2D eigenvalue weighted by molar-refractivity contribution is 5.99. The molecule has 3 aromatic rings. The van der Waals surface area contributed by atoms with Crippen molar-refractivity contribution in [3.05, 3.63) is 53.6 Å². The van der Waals surface area contributed by atoms with E-state index in [4.69, 9.17) is 0 Å². The second-order valence-corrected chi connectivity index (χ2v) is 5.22. The number of benzene rings is 2. The summed E-state index contributed by atoms with van der Waals surface area (Å²) < 4.78 is 1.60. The lowest BCUT2D eigenvalue weighted by Crippen LogP contribution is -1.93. The molecule has 0 saturated heterocycles. The molecule has 0 radical (unpaired) electrons. The van der Waals surface area contributed by atoms with E-state index >= 15 is 0 Å². The molecule has 0 atom stereocenters. The van der Waals surface area contributed by atoms with Crippen LogP contribution in [0.4, 0.5) is 5.69 Å². The fraction of sp³-hybridized carbons (Fsp3) is 0.118. The summed E-state index contributed by atoms with van der Waals surface area (Å²) >= 11 is 0. The topological polar surface area (TPSA) is 87.2 Å². The van der Waals surface area contributed by atoms with Crippen molar-refractivity contribution in [2.45, 2.75) is 6.92 Å². The summed E-state index contributed by atoms with van der Waals surface area (Å²) in [6.45, 7) is 1.93. The summed E-state index contributed by atoms with van der Waals surface area (Å²) in [6, 6.07) is 11.7. The van der Waals surface area contributed by atoms with Crippen LogP contribution in [-0.4, -0.2) is 20.7 Å². The molecule has 116 valence electrons. The summed E-state index contributed by atoms with van der Waals surface area (Å²) in [6.07, 6.45) is 0. The highest BCUT2D eigenvalue weighted by Gasteiger charge is 2.16. The number of carbonyl (C=O) groups is 1. The molecule has 0 fully saturated rings. The van der Waals surface area contributed by atoms with Crippen LogP contribution in [0.5, 0.6) is 11.6 Å². The number of hydrogen-bond acceptors (Lipinski definition) is 4. The van der Waals surface area contributed by atoms with Crippen LogP contribution in [0, 0.1) is 6.92 Å². The number of aromatic hydroxyl groups is 2. The maximum absolute atomic E-state index is 12.1. The van der Waals surface area contributed by atoms with Crippen LogP contribution in [-0.2, 0) is 7.05 Å². The van der Waals surface area contributed by atoms with E-state index < -0.39 is 5.91 Å². The Bertz CT molecular complexity index is 942. The van der Waals surface area contributed by atoms with E-state index in [0.29, 0.717) is 5.39 Å². The van der Waals surface area contributed by atoms with Crippen LogP contribution < -0.4 is 0 Å². The van der Waals surface area contributed by atoms with Crippen molar-refractivity contribution in [3.8, 4) is 11.6 Å². The van der Waals surface area contributed by atoms with Crippen molar-refractivity contribution in [2.24, 2.45) is 17.3 Å². The number of phenols is 1. The number of aryl methyl sites for hydroxylation is 2. The van der Waals surface area contributed by atoms with Crippen LogP contribution in [0.1, 0.15) is 15.9 Å². The predicted molar refractivity (Wildman–Crippen MR) is 86.3 cm³/mol. The average Bonchev–Trinajstić information content (AvgIpc) is 2.78. The molecule has 0 saturated carbocycles. The number of fused-ring (bicyclic) bond motifs is 1. The number of nitrogens with zero attached hydrogens (tertiary/aromatic N) is 3. The van der Waals surface area contributed by atoms with E-state index in [2.05, 4.69) is 10.2 Å². The van der Waals surface area contributed by atoms with E-state index in [9.17, 15) is 15.0 Å². The number of phenolic OH excluding ortho intramolecular Hbond substituents is 1. The summed E-state index contributed by atoms with van der Waals surface area (Å²) in [5.74, 6) is -0.898. The van der Waals surface area contributed by atoms with E-state index in [0.717, 1.165) is 11.1 Å². The molecule has 0 bridgehead atoms. The lowest BCUT2D eigenvalue weighted by molar-refractivity contribution is 0.0992. The van der Waals surface area contributed by atoms with Gasteiger partial charge in [-0.1, -0.05) is 30.3 Å². The van der Waals surface area contributed by atoms with Crippen LogP contribution in [0.2, 0.25) is 0 Å². The molecule has 0 aliphatic heterocycles. The minimum Gasteiger partial charge on any atom is -0.507 e. The van der Waals surface area contributed by atoms with Gasteiger partial charge in [0.2, 0.25) is 5.88 Å². The fourth-order valence-electron chi connectivity index (χ4n) is 2.58. The van der Waals surface area contributed by atoms with E-state index in [-0.39, 0.29) is 22.9 Å². The number of aromatic nitrogens is 1. The van der Waals surface area contributed by atoms with E-state index in [1.165, 1.54) is 12.1 Å². The van der Waals surface area contributed by atoms with Gasteiger partial charge in [-0.05, 0) is 24.6 Å².